The Morgan fingerprint density at radius 3 is 2.28 bits per heavy atom. The molecule has 1 aromatic heterocycles. The Bertz CT molecular complexity index is 1550. The first kappa shape index (κ1) is 22.4. The SMILES string of the molecule is O=C1c2cc(O)ccc2-c2c1c1ccc(O)cc1c(=O)n2-c1ccc(OCCN2CCCCC2)cc1. The number of hydrogen-bond donors (Lipinski definition) is 2. The maximum absolute atomic E-state index is 13.7. The summed E-state index contributed by atoms with van der Waals surface area (Å²) in [6, 6.07) is 16.3. The standard InChI is InChI=1S/C29H26N2O5/c32-19-7-11-23-24(16-19)28(34)26-22-10-6-20(33)17-25(22)29(35)31(27(23)26)18-4-8-21(9-5-18)36-15-14-30-12-2-1-3-13-30/h4-11,16-17,32-33H,1-3,12-15H2. The van der Waals surface area contributed by atoms with E-state index in [2.05, 4.69) is 4.90 Å². The molecule has 2 heterocycles. The number of aromatic hydroxyl groups is 2. The average molecular weight is 483 g/mol. The summed E-state index contributed by atoms with van der Waals surface area (Å²) in [5.41, 5.74) is 2.04. The molecule has 36 heavy (non-hydrogen) atoms. The Morgan fingerprint density at radius 1 is 0.778 bits per heavy atom. The molecule has 3 aromatic carbocycles. The number of ether oxygens (including phenoxy) is 1. The lowest BCUT2D eigenvalue weighted by Gasteiger charge is -2.26. The number of rotatable bonds is 5. The zero-order valence-electron chi connectivity index (χ0n) is 19.7. The predicted octanol–water partition coefficient (Wildman–Crippen LogP) is 4.48. The summed E-state index contributed by atoms with van der Waals surface area (Å²) in [6.07, 6.45) is 3.78. The van der Waals surface area contributed by atoms with Crippen LogP contribution in [0.15, 0.2) is 65.5 Å². The summed E-state index contributed by atoms with van der Waals surface area (Å²) in [4.78, 5) is 29.5. The van der Waals surface area contributed by atoms with Crippen LogP contribution < -0.4 is 10.3 Å². The van der Waals surface area contributed by atoms with Crippen LogP contribution in [-0.4, -0.2) is 51.7 Å². The van der Waals surface area contributed by atoms with Crippen LogP contribution >= 0.6 is 0 Å². The van der Waals surface area contributed by atoms with Crippen LogP contribution in [0, 0.1) is 0 Å². The monoisotopic (exact) mass is 482 g/mol. The highest BCUT2D eigenvalue weighted by atomic mass is 16.5. The molecule has 0 spiro atoms. The topological polar surface area (TPSA) is 92.0 Å². The van der Waals surface area contributed by atoms with Crippen molar-refractivity contribution >= 4 is 16.6 Å². The van der Waals surface area contributed by atoms with Crippen molar-refractivity contribution in [2.24, 2.45) is 0 Å². The van der Waals surface area contributed by atoms with Gasteiger partial charge in [-0.25, -0.2) is 0 Å². The van der Waals surface area contributed by atoms with Crippen molar-refractivity contribution in [2.75, 3.05) is 26.2 Å². The molecule has 0 radical (unpaired) electrons. The highest BCUT2D eigenvalue weighted by molar-refractivity contribution is 6.27. The summed E-state index contributed by atoms with van der Waals surface area (Å²) in [5.74, 6) is 0.374. The molecule has 0 unspecified atom stereocenters. The summed E-state index contributed by atoms with van der Waals surface area (Å²) in [6.45, 7) is 3.71. The molecule has 182 valence electrons. The van der Waals surface area contributed by atoms with Gasteiger partial charge in [0.1, 0.15) is 23.9 Å². The second-order valence-corrected chi connectivity index (χ2v) is 9.40. The first-order valence-electron chi connectivity index (χ1n) is 12.3. The summed E-state index contributed by atoms with van der Waals surface area (Å²) >= 11 is 0. The van der Waals surface area contributed by atoms with E-state index in [-0.39, 0.29) is 28.2 Å². The number of ketones is 1. The predicted molar refractivity (Wildman–Crippen MR) is 138 cm³/mol. The molecule has 0 saturated carbocycles. The Kier molecular flexibility index (Phi) is 5.49. The lowest BCUT2D eigenvalue weighted by atomic mass is 10.0. The number of piperidine rings is 1. The van der Waals surface area contributed by atoms with Crippen molar-refractivity contribution in [3.8, 4) is 34.2 Å². The number of fused-ring (bicyclic) bond motifs is 5. The number of aromatic nitrogens is 1. The van der Waals surface area contributed by atoms with Crippen LogP contribution in [-0.2, 0) is 0 Å². The van der Waals surface area contributed by atoms with E-state index in [1.807, 2.05) is 12.1 Å². The van der Waals surface area contributed by atoms with Crippen molar-refractivity contribution in [1.29, 1.82) is 0 Å². The number of carbonyl (C=O) groups excluding carboxylic acids is 1. The molecule has 1 aliphatic carbocycles. The molecule has 4 aromatic rings. The molecule has 2 N–H and O–H groups in total. The molecule has 6 rings (SSSR count). The normalized spacial score (nSPS) is 15.2. The number of benzene rings is 3. The van der Waals surface area contributed by atoms with E-state index in [4.69, 9.17) is 4.74 Å². The van der Waals surface area contributed by atoms with Gasteiger partial charge in [-0.2, -0.15) is 0 Å². The number of nitrogens with zero attached hydrogens (tertiary/aromatic N) is 2. The fourth-order valence-corrected chi connectivity index (χ4v) is 5.35. The minimum absolute atomic E-state index is 0.0168. The zero-order chi connectivity index (χ0) is 24.8. The van der Waals surface area contributed by atoms with Gasteiger partial charge in [-0.15, -0.1) is 0 Å². The van der Waals surface area contributed by atoms with Gasteiger partial charge in [0.05, 0.1) is 16.6 Å². The van der Waals surface area contributed by atoms with Crippen LogP contribution in [0.4, 0.5) is 0 Å². The van der Waals surface area contributed by atoms with Gasteiger partial charge in [0.2, 0.25) is 0 Å². The third-order valence-corrected chi connectivity index (χ3v) is 7.12. The van der Waals surface area contributed by atoms with Gasteiger partial charge in [-0.3, -0.25) is 19.1 Å². The van der Waals surface area contributed by atoms with Crippen molar-refractivity contribution in [3.63, 3.8) is 0 Å². The molecule has 0 amide bonds. The maximum Gasteiger partial charge on any atom is 0.263 e. The van der Waals surface area contributed by atoms with E-state index in [1.165, 1.54) is 48.1 Å². The van der Waals surface area contributed by atoms with Gasteiger partial charge in [0, 0.05) is 28.7 Å². The molecule has 7 nitrogen and oxygen atoms in total. The van der Waals surface area contributed by atoms with Crippen LogP contribution in [0.25, 0.3) is 27.7 Å². The maximum atomic E-state index is 13.7. The quantitative estimate of drug-likeness (QED) is 0.384. The summed E-state index contributed by atoms with van der Waals surface area (Å²) in [7, 11) is 0. The van der Waals surface area contributed by atoms with Gasteiger partial charge >= 0.3 is 0 Å². The molecule has 1 saturated heterocycles. The molecular weight excluding hydrogens is 456 g/mol. The molecule has 7 heteroatoms. The number of phenols is 2. The lowest BCUT2D eigenvalue weighted by molar-refractivity contribution is 0.104. The fraction of sp³-hybridized carbons (Fsp3) is 0.241. The Balaban J connectivity index is 1.41. The van der Waals surface area contributed by atoms with E-state index in [9.17, 15) is 19.8 Å². The Labute approximate surface area is 207 Å². The van der Waals surface area contributed by atoms with E-state index >= 15 is 0 Å². The van der Waals surface area contributed by atoms with Crippen LogP contribution in [0.5, 0.6) is 17.2 Å². The lowest BCUT2D eigenvalue weighted by Crippen LogP contribution is -2.33. The van der Waals surface area contributed by atoms with Crippen molar-refractivity contribution in [1.82, 2.24) is 9.47 Å². The van der Waals surface area contributed by atoms with Crippen molar-refractivity contribution in [2.45, 2.75) is 19.3 Å². The van der Waals surface area contributed by atoms with Crippen molar-refractivity contribution in [3.05, 3.63) is 82.1 Å². The third kappa shape index (κ3) is 3.72. The first-order valence-corrected chi connectivity index (χ1v) is 12.3. The number of likely N-dealkylation sites (tertiary alicyclic amines) is 1. The second kappa shape index (κ2) is 8.84. The number of phenolic OH excluding ortho intramolecular Hbond substituents is 2. The molecular formula is C29H26N2O5. The number of hydrogen-bond acceptors (Lipinski definition) is 6. The van der Waals surface area contributed by atoms with Gasteiger partial charge < -0.3 is 14.9 Å². The molecule has 1 aliphatic heterocycles. The highest BCUT2D eigenvalue weighted by Crippen LogP contribution is 2.42. The summed E-state index contributed by atoms with van der Waals surface area (Å²) in [5, 5.41) is 20.8. The van der Waals surface area contributed by atoms with Crippen LogP contribution in [0.2, 0.25) is 0 Å². The number of carbonyl (C=O) groups is 1. The molecule has 2 aliphatic rings. The third-order valence-electron chi connectivity index (χ3n) is 7.12. The van der Waals surface area contributed by atoms with Crippen LogP contribution in [0.1, 0.15) is 35.2 Å². The Morgan fingerprint density at radius 2 is 1.50 bits per heavy atom. The van der Waals surface area contributed by atoms with Gasteiger partial charge in [-0.05, 0) is 86.6 Å². The highest BCUT2D eigenvalue weighted by Gasteiger charge is 2.33. The largest absolute Gasteiger partial charge is 0.508 e. The minimum atomic E-state index is -0.341. The molecule has 0 bridgehead atoms. The molecule has 0 atom stereocenters. The summed E-state index contributed by atoms with van der Waals surface area (Å²) < 4.78 is 7.46. The Hall–Kier alpha value is -4.10. The van der Waals surface area contributed by atoms with E-state index in [0.717, 1.165) is 19.6 Å². The minimum Gasteiger partial charge on any atom is -0.508 e. The molecule has 1 fully saturated rings. The smallest absolute Gasteiger partial charge is 0.263 e. The average Bonchev–Trinajstić information content (AvgIpc) is 3.17. The van der Waals surface area contributed by atoms with Crippen LogP contribution in [0.3, 0.4) is 0 Å². The van der Waals surface area contributed by atoms with Gasteiger partial charge in [-0.1, -0.05) is 6.42 Å². The second-order valence-electron chi connectivity index (χ2n) is 9.40. The van der Waals surface area contributed by atoms with Gasteiger partial charge in [0.25, 0.3) is 5.56 Å². The van der Waals surface area contributed by atoms with E-state index in [1.54, 1.807) is 24.3 Å². The van der Waals surface area contributed by atoms with E-state index < -0.39 is 0 Å². The fourth-order valence-electron chi connectivity index (χ4n) is 5.35. The number of pyridine rings is 1. The van der Waals surface area contributed by atoms with Crippen molar-refractivity contribution < 1.29 is 19.7 Å². The van der Waals surface area contributed by atoms with E-state index in [0.29, 0.717) is 45.8 Å². The first-order chi connectivity index (χ1) is 17.5. The zero-order valence-corrected chi connectivity index (χ0v) is 19.7. The van der Waals surface area contributed by atoms with Gasteiger partial charge in [0.15, 0.2) is 5.78 Å².